The second-order valence-corrected chi connectivity index (χ2v) is 8.45. The van der Waals surface area contributed by atoms with E-state index in [9.17, 15) is 19.2 Å². The molecule has 3 aliphatic carbocycles. The summed E-state index contributed by atoms with van der Waals surface area (Å²) in [6, 6.07) is 6.66. The van der Waals surface area contributed by atoms with Gasteiger partial charge in [0.25, 0.3) is 0 Å². The first-order valence-electron chi connectivity index (χ1n) is 10.8. The summed E-state index contributed by atoms with van der Waals surface area (Å²) in [5, 5.41) is 0. The lowest BCUT2D eigenvalue weighted by Crippen LogP contribution is -2.49. The van der Waals surface area contributed by atoms with Crippen molar-refractivity contribution in [1.82, 2.24) is 0 Å². The van der Waals surface area contributed by atoms with Gasteiger partial charge in [0, 0.05) is 34.1 Å². The molecule has 34 heavy (non-hydrogen) atoms. The summed E-state index contributed by atoms with van der Waals surface area (Å²) in [5.74, 6) is -4.31. The van der Waals surface area contributed by atoms with E-state index in [0.717, 1.165) is 0 Å². The molecular formula is C26H26O8. The lowest BCUT2D eigenvalue weighted by molar-refractivity contribution is -0.160. The van der Waals surface area contributed by atoms with Crippen LogP contribution in [0, 0.1) is 11.8 Å². The van der Waals surface area contributed by atoms with Crippen LogP contribution < -0.4 is 9.47 Å². The maximum absolute atomic E-state index is 13.2. The Labute approximate surface area is 197 Å². The molecule has 0 fully saturated rings. The molecule has 0 N–H and O–H groups in total. The van der Waals surface area contributed by atoms with Gasteiger partial charge in [-0.25, -0.2) is 0 Å². The highest BCUT2D eigenvalue weighted by molar-refractivity contribution is 6.02. The van der Waals surface area contributed by atoms with Gasteiger partial charge in [0.1, 0.15) is 11.5 Å². The Hall–Kier alpha value is -3.68. The van der Waals surface area contributed by atoms with Gasteiger partial charge < -0.3 is 18.9 Å². The molecule has 0 aliphatic heterocycles. The molecule has 0 spiro atoms. The third-order valence-electron chi connectivity index (χ3n) is 6.99. The number of rotatable bonds is 6. The predicted octanol–water partition coefficient (Wildman–Crippen LogP) is 3.28. The lowest BCUT2D eigenvalue weighted by Gasteiger charge is -2.49. The van der Waals surface area contributed by atoms with Gasteiger partial charge in [0.2, 0.25) is 0 Å². The zero-order valence-corrected chi connectivity index (χ0v) is 19.9. The van der Waals surface area contributed by atoms with Crippen molar-refractivity contribution in [2.24, 2.45) is 11.8 Å². The van der Waals surface area contributed by atoms with Gasteiger partial charge in [-0.05, 0) is 49.2 Å². The fourth-order valence-electron chi connectivity index (χ4n) is 5.77. The quantitative estimate of drug-likeness (QED) is 0.472. The van der Waals surface area contributed by atoms with Gasteiger partial charge in [0.05, 0.1) is 40.3 Å². The van der Waals surface area contributed by atoms with E-state index < -0.39 is 35.6 Å². The van der Waals surface area contributed by atoms with E-state index in [1.165, 1.54) is 42.3 Å². The average molecular weight is 466 g/mol. The summed E-state index contributed by atoms with van der Waals surface area (Å²) >= 11 is 0. The molecule has 178 valence electrons. The maximum Gasteiger partial charge on any atom is 0.310 e. The number of ether oxygens (including phenoxy) is 4. The van der Waals surface area contributed by atoms with Gasteiger partial charge in [-0.1, -0.05) is 0 Å². The second kappa shape index (κ2) is 8.59. The minimum absolute atomic E-state index is 0.210. The highest BCUT2D eigenvalue weighted by Crippen LogP contribution is 2.64. The smallest absolute Gasteiger partial charge is 0.310 e. The van der Waals surface area contributed by atoms with Gasteiger partial charge in [-0.15, -0.1) is 0 Å². The molecule has 0 aromatic heterocycles. The van der Waals surface area contributed by atoms with E-state index in [1.54, 1.807) is 24.3 Å². The first kappa shape index (κ1) is 23.5. The number of fused-ring (bicyclic) bond motifs is 1. The normalized spacial score (nSPS) is 21.7. The number of carbonyl (C=O) groups is 4. The van der Waals surface area contributed by atoms with Crippen LogP contribution in [0.1, 0.15) is 68.7 Å². The van der Waals surface area contributed by atoms with Gasteiger partial charge in [0.15, 0.2) is 11.6 Å². The minimum atomic E-state index is -1.02. The number of hydrogen-bond acceptors (Lipinski definition) is 8. The first-order chi connectivity index (χ1) is 16.2. The molecule has 0 radical (unpaired) electrons. The van der Waals surface area contributed by atoms with Crippen LogP contribution >= 0.6 is 0 Å². The Kier molecular flexibility index (Phi) is 5.93. The highest BCUT2D eigenvalue weighted by Gasteiger charge is 2.59. The van der Waals surface area contributed by atoms with Gasteiger partial charge in [-0.3, -0.25) is 19.2 Å². The minimum Gasteiger partial charge on any atom is -0.496 e. The summed E-state index contributed by atoms with van der Waals surface area (Å²) in [4.78, 5) is 51.9. The standard InChI is InChI=1S/C26H26O8/c1-11(27)13-7-9-15(31-3)19-17(13)21-18-14(12(2)28)8-10-16(32-4)20(18)22(19)24(26(30)34-6)23(21)25(29)33-5/h7-10,21-24H,1-6H3/t21?,22?,23-,24+/m1/s1. The first-order valence-corrected chi connectivity index (χ1v) is 10.8. The molecule has 2 bridgehead atoms. The summed E-state index contributed by atoms with van der Waals surface area (Å²) in [5.41, 5.74) is 3.15. The van der Waals surface area contributed by atoms with Crippen molar-refractivity contribution < 1.29 is 38.1 Å². The Morgan fingerprint density at radius 2 is 0.941 bits per heavy atom. The second-order valence-electron chi connectivity index (χ2n) is 8.45. The Morgan fingerprint density at radius 1 is 0.588 bits per heavy atom. The topological polar surface area (TPSA) is 105 Å². The molecule has 2 atom stereocenters. The van der Waals surface area contributed by atoms with Crippen LogP contribution in [0.3, 0.4) is 0 Å². The molecule has 0 saturated carbocycles. The third kappa shape index (κ3) is 3.12. The molecule has 0 amide bonds. The number of benzene rings is 2. The van der Waals surface area contributed by atoms with Crippen molar-refractivity contribution in [3.63, 3.8) is 0 Å². The van der Waals surface area contributed by atoms with E-state index >= 15 is 0 Å². The number of hydrogen-bond donors (Lipinski definition) is 0. The molecule has 8 nitrogen and oxygen atoms in total. The van der Waals surface area contributed by atoms with Crippen molar-refractivity contribution in [2.75, 3.05) is 28.4 Å². The predicted molar refractivity (Wildman–Crippen MR) is 121 cm³/mol. The highest BCUT2D eigenvalue weighted by atomic mass is 16.5. The number of ketones is 2. The molecule has 0 unspecified atom stereocenters. The monoisotopic (exact) mass is 466 g/mol. The summed E-state index contributed by atoms with van der Waals surface area (Å²) in [7, 11) is 5.50. The Bertz CT molecular complexity index is 1150. The van der Waals surface area contributed by atoms with E-state index in [0.29, 0.717) is 44.9 Å². The largest absolute Gasteiger partial charge is 0.496 e. The summed E-state index contributed by atoms with van der Waals surface area (Å²) in [6.45, 7) is 2.88. The van der Waals surface area contributed by atoms with Gasteiger partial charge in [-0.2, -0.15) is 0 Å². The molecule has 2 aromatic carbocycles. The van der Waals surface area contributed by atoms with Crippen LogP contribution in [-0.4, -0.2) is 51.9 Å². The Morgan fingerprint density at radius 3 is 1.24 bits per heavy atom. The molecule has 2 aromatic rings. The number of carbonyl (C=O) groups excluding carboxylic acids is 4. The zero-order chi connectivity index (χ0) is 24.9. The maximum atomic E-state index is 13.2. The SMILES string of the molecule is COC(=O)[C@@H]1C2c3c(C(C)=O)ccc(OC)c3C(c3c(OC)ccc(C(C)=O)c32)[C@@H]1C(=O)OC. The number of methoxy groups -OCH3 is 4. The van der Waals surface area contributed by atoms with E-state index in [4.69, 9.17) is 18.9 Å². The summed E-state index contributed by atoms with van der Waals surface area (Å²) < 4.78 is 21.6. The zero-order valence-electron chi connectivity index (χ0n) is 19.9. The lowest BCUT2D eigenvalue weighted by atomic mass is 9.52. The summed E-state index contributed by atoms with van der Waals surface area (Å²) in [6.07, 6.45) is 0. The van der Waals surface area contributed by atoms with E-state index in [-0.39, 0.29) is 11.6 Å². The molecule has 5 rings (SSSR count). The average Bonchev–Trinajstić information content (AvgIpc) is 2.85. The van der Waals surface area contributed by atoms with Gasteiger partial charge >= 0.3 is 11.9 Å². The van der Waals surface area contributed by atoms with Crippen LogP contribution in [0.5, 0.6) is 11.5 Å². The van der Waals surface area contributed by atoms with E-state index in [1.807, 2.05) is 0 Å². The van der Waals surface area contributed by atoms with Crippen molar-refractivity contribution >= 4 is 23.5 Å². The molecular weight excluding hydrogens is 440 g/mol. The van der Waals surface area contributed by atoms with Crippen LogP contribution in [0.25, 0.3) is 0 Å². The van der Waals surface area contributed by atoms with Crippen molar-refractivity contribution in [2.45, 2.75) is 25.7 Å². The molecule has 8 heteroatoms. The third-order valence-corrected chi connectivity index (χ3v) is 6.99. The van der Waals surface area contributed by atoms with Crippen LogP contribution in [-0.2, 0) is 19.1 Å². The fourth-order valence-corrected chi connectivity index (χ4v) is 5.77. The number of Topliss-reactive ketones (excluding diaryl/α,β-unsaturated/α-hetero) is 2. The van der Waals surface area contributed by atoms with Crippen LogP contribution in [0.15, 0.2) is 24.3 Å². The van der Waals surface area contributed by atoms with E-state index in [2.05, 4.69) is 0 Å². The van der Waals surface area contributed by atoms with Crippen molar-refractivity contribution in [3.05, 3.63) is 57.6 Å². The molecule has 0 saturated heterocycles. The Balaban J connectivity index is 2.25. The molecule has 0 heterocycles. The number of esters is 2. The van der Waals surface area contributed by atoms with Crippen molar-refractivity contribution in [1.29, 1.82) is 0 Å². The fraction of sp³-hybridized carbons (Fsp3) is 0.385. The van der Waals surface area contributed by atoms with Crippen molar-refractivity contribution in [3.8, 4) is 11.5 Å². The van der Waals surface area contributed by atoms with Crippen LogP contribution in [0.2, 0.25) is 0 Å². The van der Waals surface area contributed by atoms with Crippen LogP contribution in [0.4, 0.5) is 0 Å². The molecule has 3 aliphatic rings.